The molecule has 160 valence electrons. The van der Waals surface area contributed by atoms with E-state index in [1.54, 1.807) is 0 Å². The molecular formula is C15H16ClN6O7P. The van der Waals surface area contributed by atoms with Crippen molar-refractivity contribution in [1.82, 2.24) is 14.5 Å². The number of hydrogen-bond acceptors (Lipinski definition) is 8. The number of nitrogens with one attached hydrogen (secondary N) is 1. The molecule has 2 aromatic heterocycles. The number of ether oxygens (including phenoxy) is 1. The van der Waals surface area contributed by atoms with Crippen molar-refractivity contribution in [3.63, 3.8) is 0 Å². The minimum atomic E-state index is -4.58. The van der Waals surface area contributed by atoms with Gasteiger partial charge in [-0.2, -0.15) is 0 Å². The Kier molecular flexibility index (Phi) is 6.61. The normalized spacial score (nSPS) is 22.8. The Morgan fingerprint density at radius 2 is 2.30 bits per heavy atom. The van der Waals surface area contributed by atoms with Crippen molar-refractivity contribution in [2.45, 2.75) is 31.7 Å². The highest BCUT2D eigenvalue weighted by Crippen LogP contribution is 2.45. The number of hydrogen-bond donors (Lipinski definition) is 2. The lowest BCUT2D eigenvalue weighted by molar-refractivity contribution is -0.0264. The van der Waals surface area contributed by atoms with E-state index in [0.717, 1.165) is 4.57 Å². The molecule has 1 aliphatic heterocycles. The van der Waals surface area contributed by atoms with Gasteiger partial charge in [-0.1, -0.05) is 16.7 Å². The predicted molar refractivity (Wildman–Crippen MR) is 103 cm³/mol. The fraction of sp³-hybridized carbons (Fsp3) is 0.400. The molecule has 0 aromatic carbocycles. The van der Waals surface area contributed by atoms with Crippen molar-refractivity contribution in [3.05, 3.63) is 66.5 Å². The fourth-order valence-corrected chi connectivity index (χ4v) is 3.71. The van der Waals surface area contributed by atoms with Crippen LogP contribution in [0, 0.1) is 6.92 Å². The van der Waals surface area contributed by atoms with Crippen LogP contribution in [0.5, 0.6) is 5.75 Å². The molecule has 4 atom stereocenters. The van der Waals surface area contributed by atoms with E-state index in [2.05, 4.69) is 20.0 Å². The van der Waals surface area contributed by atoms with Crippen LogP contribution in [0.25, 0.3) is 10.4 Å². The molecule has 1 aliphatic rings. The minimum absolute atomic E-state index is 0.0816. The molecule has 1 fully saturated rings. The molecule has 15 heteroatoms. The number of pyridine rings is 1. The number of aromatic amines is 1. The number of phosphoric acid groups is 1. The second-order valence-electron chi connectivity index (χ2n) is 6.31. The molecule has 0 aliphatic carbocycles. The maximum atomic E-state index is 12.2. The van der Waals surface area contributed by atoms with E-state index < -0.39 is 44.1 Å². The molecule has 0 saturated carbocycles. The Bertz CT molecular complexity index is 1150. The topological polar surface area (TPSA) is 182 Å². The number of rotatable bonds is 7. The fourth-order valence-electron chi connectivity index (χ4n) is 2.79. The lowest BCUT2D eigenvalue weighted by Gasteiger charge is -2.18. The minimum Gasteiger partial charge on any atom is -0.402 e. The first kappa shape index (κ1) is 22.0. The van der Waals surface area contributed by atoms with Crippen LogP contribution in [-0.2, 0) is 13.8 Å². The molecule has 2 N–H and O–H groups in total. The average Bonchev–Trinajstić information content (AvgIpc) is 3.06. The Balaban J connectivity index is 1.72. The van der Waals surface area contributed by atoms with Gasteiger partial charge in [0.1, 0.15) is 6.23 Å². The molecule has 0 spiro atoms. The molecule has 30 heavy (non-hydrogen) atoms. The van der Waals surface area contributed by atoms with Crippen LogP contribution >= 0.6 is 19.4 Å². The van der Waals surface area contributed by atoms with Gasteiger partial charge in [0.2, 0.25) is 0 Å². The van der Waals surface area contributed by atoms with Crippen molar-refractivity contribution in [2.75, 3.05) is 6.61 Å². The SMILES string of the molecule is Cc1cn([C@H]2C[C@H](N=[N+]=[N-])[C@@H](COP(=O)(O)Oc3cncc(Cl)c3)O2)c(=O)[nH]c1=O. The van der Waals surface area contributed by atoms with Gasteiger partial charge >= 0.3 is 13.5 Å². The summed E-state index contributed by atoms with van der Waals surface area (Å²) in [4.78, 5) is 42.1. The molecule has 0 bridgehead atoms. The molecule has 2 aromatic rings. The third-order valence-corrected chi connectivity index (χ3v) is 5.29. The Morgan fingerprint density at radius 3 is 3.00 bits per heavy atom. The van der Waals surface area contributed by atoms with Crippen molar-refractivity contribution < 1.29 is 23.2 Å². The van der Waals surface area contributed by atoms with Crippen LogP contribution in [0.4, 0.5) is 0 Å². The van der Waals surface area contributed by atoms with Crippen LogP contribution in [-0.4, -0.2) is 38.2 Å². The summed E-state index contributed by atoms with van der Waals surface area (Å²) in [6.07, 6.45) is 2.05. The van der Waals surface area contributed by atoms with Gasteiger partial charge in [-0.3, -0.25) is 28.7 Å². The van der Waals surface area contributed by atoms with Gasteiger partial charge in [-0.15, -0.1) is 0 Å². The maximum absolute atomic E-state index is 12.2. The van der Waals surface area contributed by atoms with Crippen LogP contribution < -0.4 is 15.8 Å². The van der Waals surface area contributed by atoms with E-state index in [1.165, 1.54) is 31.6 Å². The van der Waals surface area contributed by atoms with Crippen molar-refractivity contribution in [2.24, 2.45) is 5.11 Å². The number of aryl methyl sites for hydroxylation is 1. The van der Waals surface area contributed by atoms with Gasteiger partial charge in [-0.25, -0.2) is 9.36 Å². The summed E-state index contributed by atoms with van der Waals surface area (Å²) in [7, 11) is -4.58. The zero-order chi connectivity index (χ0) is 21.9. The van der Waals surface area contributed by atoms with Gasteiger partial charge in [0.15, 0.2) is 5.75 Å². The predicted octanol–water partition coefficient (Wildman–Crippen LogP) is 2.06. The van der Waals surface area contributed by atoms with Crippen LogP contribution in [0.1, 0.15) is 18.2 Å². The number of H-pyrrole nitrogens is 1. The summed E-state index contributed by atoms with van der Waals surface area (Å²) in [6, 6.07) is 0.475. The third-order valence-electron chi connectivity index (χ3n) is 4.16. The summed E-state index contributed by atoms with van der Waals surface area (Å²) < 4.78 is 28.9. The standard InChI is InChI=1S/C15H16ClN6O7P/c1-8-6-22(15(24)19-14(8)23)13-3-11(20-21-17)12(28-13)7-27-30(25,26)29-10-2-9(16)4-18-5-10/h2,4-6,11-13H,3,7H2,1H3,(H,25,26)(H,19,23,24)/t11-,12+,13+/m0/s1. The largest absolute Gasteiger partial charge is 0.527 e. The molecule has 1 saturated heterocycles. The summed E-state index contributed by atoms with van der Waals surface area (Å²) in [5.74, 6) is -0.0830. The Labute approximate surface area is 173 Å². The lowest BCUT2D eigenvalue weighted by Crippen LogP contribution is -2.33. The first-order chi connectivity index (χ1) is 14.2. The molecule has 1 unspecified atom stereocenters. The highest BCUT2D eigenvalue weighted by Gasteiger charge is 2.38. The number of phosphoric ester groups is 1. The second kappa shape index (κ2) is 9.00. The van der Waals surface area contributed by atoms with E-state index in [4.69, 9.17) is 30.9 Å². The zero-order valence-corrected chi connectivity index (χ0v) is 17.1. The van der Waals surface area contributed by atoms with Gasteiger partial charge < -0.3 is 9.26 Å². The van der Waals surface area contributed by atoms with Crippen molar-refractivity contribution >= 4 is 19.4 Å². The van der Waals surface area contributed by atoms with E-state index >= 15 is 0 Å². The quantitative estimate of drug-likeness (QED) is 0.273. The van der Waals surface area contributed by atoms with Crippen molar-refractivity contribution in [1.29, 1.82) is 0 Å². The Hall–Kier alpha value is -2.66. The number of nitrogens with zero attached hydrogens (tertiary/aromatic N) is 5. The zero-order valence-electron chi connectivity index (χ0n) is 15.4. The summed E-state index contributed by atoms with van der Waals surface area (Å²) >= 11 is 5.75. The molecule has 13 nitrogen and oxygen atoms in total. The van der Waals surface area contributed by atoms with Crippen LogP contribution in [0.3, 0.4) is 0 Å². The molecule has 3 rings (SSSR count). The monoisotopic (exact) mass is 458 g/mol. The summed E-state index contributed by atoms with van der Waals surface area (Å²) in [5, 5.41) is 3.79. The highest BCUT2D eigenvalue weighted by molar-refractivity contribution is 7.47. The first-order valence-corrected chi connectivity index (χ1v) is 10.3. The van der Waals surface area contributed by atoms with Crippen molar-refractivity contribution in [3.8, 4) is 5.75 Å². The molecule has 0 amide bonds. The summed E-state index contributed by atoms with van der Waals surface area (Å²) in [5.41, 5.74) is 7.82. The number of azide groups is 1. The summed E-state index contributed by atoms with van der Waals surface area (Å²) in [6.45, 7) is 1.04. The smallest absolute Gasteiger partial charge is 0.402 e. The van der Waals surface area contributed by atoms with Gasteiger partial charge in [0.25, 0.3) is 5.56 Å². The van der Waals surface area contributed by atoms with E-state index in [1.807, 2.05) is 0 Å². The highest BCUT2D eigenvalue weighted by atomic mass is 35.5. The molecule has 0 radical (unpaired) electrons. The third kappa shape index (κ3) is 5.28. The number of aromatic nitrogens is 3. The van der Waals surface area contributed by atoms with E-state index in [9.17, 15) is 19.0 Å². The molecule has 3 heterocycles. The maximum Gasteiger partial charge on any atom is 0.527 e. The molecular weight excluding hydrogens is 443 g/mol. The number of halogens is 1. The second-order valence-corrected chi connectivity index (χ2v) is 8.12. The lowest BCUT2D eigenvalue weighted by atomic mass is 10.1. The van der Waals surface area contributed by atoms with Crippen LogP contribution in [0.15, 0.2) is 39.4 Å². The van der Waals surface area contributed by atoms with Gasteiger partial charge in [0, 0.05) is 35.4 Å². The van der Waals surface area contributed by atoms with Gasteiger partial charge in [-0.05, 0) is 12.5 Å². The van der Waals surface area contributed by atoms with Crippen LogP contribution in [0.2, 0.25) is 5.02 Å². The van der Waals surface area contributed by atoms with E-state index in [0.29, 0.717) is 0 Å². The average molecular weight is 459 g/mol. The van der Waals surface area contributed by atoms with E-state index in [-0.39, 0.29) is 22.8 Å². The Morgan fingerprint density at radius 1 is 1.53 bits per heavy atom. The van der Waals surface area contributed by atoms with Gasteiger partial charge in [0.05, 0.1) is 30.0 Å². The first-order valence-electron chi connectivity index (χ1n) is 8.48.